The van der Waals surface area contributed by atoms with Crippen molar-refractivity contribution in [1.29, 1.82) is 0 Å². The zero-order valence-corrected chi connectivity index (χ0v) is 15.4. The molecule has 0 aliphatic heterocycles. The second-order valence-corrected chi connectivity index (χ2v) is 6.08. The zero-order chi connectivity index (χ0) is 22.0. The molecule has 0 bridgehead atoms. The molecule has 0 aliphatic rings. The second-order valence-electron chi connectivity index (χ2n) is 6.08. The molecule has 28 heavy (non-hydrogen) atoms. The summed E-state index contributed by atoms with van der Waals surface area (Å²) in [6.07, 6.45) is -2.35. The predicted octanol–water partition coefficient (Wildman–Crippen LogP) is -3.89. The lowest BCUT2D eigenvalue weighted by Gasteiger charge is -2.25. The molecule has 160 valence electrons. The van der Waals surface area contributed by atoms with Crippen LogP contribution in [-0.2, 0) is 24.0 Å². The number of hydrogen-bond donors (Lipinski definition) is 8. The molecule has 9 N–H and O–H groups in total. The third kappa shape index (κ3) is 8.75. The van der Waals surface area contributed by atoms with Crippen LogP contribution in [0, 0.1) is 0 Å². The van der Waals surface area contributed by atoms with Gasteiger partial charge in [-0.25, -0.2) is 4.79 Å². The number of rotatable bonds is 12. The van der Waals surface area contributed by atoms with Crippen molar-refractivity contribution >= 4 is 29.7 Å². The van der Waals surface area contributed by atoms with Crippen molar-refractivity contribution in [2.75, 3.05) is 6.61 Å². The molecule has 13 nitrogen and oxygen atoms in total. The van der Waals surface area contributed by atoms with Crippen molar-refractivity contribution in [3.8, 4) is 0 Å². The van der Waals surface area contributed by atoms with Crippen LogP contribution in [0.1, 0.15) is 26.7 Å². The Labute approximate surface area is 160 Å². The summed E-state index contributed by atoms with van der Waals surface area (Å²) in [4.78, 5) is 57.7. The Morgan fingerprint density at radius 3 is 1.93 bits per heavy atom. The van der Waals surface area contributed by atoms with Gasteiger partial charge >= 0.3 is 11.9 Å². The average molecular weight is 406 g/mol. The predicted molar refractivity (Wildman–Crippen MR) is 92.7 cm³/mol. The monoisotopic (exact) mass is 406 g/mol. The fraction of sp³-hybridized carbons (Fsp3) is 0.667. The van der Waals surface area contributed by atoms with Crippen molar-refractivity contribution in [3.63, 3.8) is 0 Å². The first kappa shape index (κ1) is 25.2. The fourth-order valence-electron chi connectivity index (χ4n) is 1.94. The normalized spacial score (nSPS) is 16.0. The first-order valence-electron chi connectivity index (χ1n) is 8.30. The van der Waals surface area contributed by atoms with Crippen molar-refractivity contribution in [2.24, 2.45) is 5.73 Å². The molecule has 0 aromatic rings. The summed E-state index contributed by atoms with van der Waals surface area (Å²) in [6, 6.07) is -5.54. The van der Waals surface area contributed by atoms with Crippen molar-refractivity contribution in [3.05, 3.63) is 0 Å². The van der Waals surface area contributed by atoms with Gasteiger partial charge in [-0.15, -0.1) is 0 Å². The van der Waals surface area contributed by atoms with Crippen LogP contribution >= 0.6 is 0 Å². The van der Waals surface area contributed by atoms with Gasteiger partial charge in [-0.2, -0.15) is 0 Å². The summed E-state index contributed by atoms with van der Waals surface area (Å²) in [5.74, 6) is -5.48. The number of carbonyl (C=O) groups is 5. The van der Waals surface area contributed by atoms with Gasteiger partial charge in [-0.05, 0) is 20.3 Å². The summed E-state index contributed by atoms with van der Waals surface area (Å²) < 4.78 is 0. The highest BCUT2D eigenvalue weighted by atomic mass is 16.4. The van der Waals surface area contributed by atoms with Crippen LogP contribution in [-0.4, -0.2) is 87.0 Å². The summed E-state index contributed by atoms with van der Waals surface area (Å²) >= 11 is 0. The highest BCUT2D eigenvalue weighted by molar-refractivity contribution is 5.94. The van der Waals surface area contributed by atoms with Crippen molar-refractivity contribution in [1.82, 2.24) is 16.0 Å². The van der Waals surface area contributed by atoms with Gasteiger partial charge in [-0.3, -0.25) is 19.2 Å². The largest absolute Gasteiger partial charge is 0.481 e. The molecule has 5 atom stereocenters. The molecule has 5 unspecified atom stereocenters. The molecule has 3 amide bonds. The summed E-state index contributed by atoms with van der Waals surface area (Å²) in [7, 11) is 0. The minimum absolute atomic E-state index is 0.400. The highest BCUT2D eigenvalue weighted by Crippen LogP contribution is 2.02. The van der Waals surface area contributed by atoms with E-state index in [2.05, 4.69) is 10.6 Å². The van der Waals surface area contributed by atoms with E-state index in [4.69, 9.17) is 21.1 Å². The van der Waals surface area contributed by atoms with Crippen LogP contribution in [0.25, 0.3) is 0 Å². The fourth-order valence-corrected chi connectivity index (χ4v) is 1.94. The maximum absolute atomic E-state index is 12.2. The van der Waals surface area contributed by atoms with Crippen LogP contribution < -0.4 is 21.7 Å². The maximum atomic E-state index is 12.2. The number of nitrogens with one attached hydrogen (secondary N) is 3. The molecule has 0 aliphatic carbocycles. The van der Waals surface area contributed by atoms with Crippen LogP contribution in [0.3, 0.4) is 0 Å². The number of carbonyl (C=O) groups excluding carboxylic acids is 3. The lowest BCUT2D eigenvalue weighted by molar-refractivity contribution is -0.144. The Kier molecular flexibility index (Phi) is 10.7. The number of carboxylic acid groups (broad SMARTS) is 2. The number of amides is 3. The van der Waals surface area contributed by atoms with Crippen LogP contribution in [0.2, 0.25) is 0 Å². The first-order chi connectivity index (χ1) is 12.9. The molecule has 0 rings (SSSR count). The molecule has 0 aromatic heterocycles. The first-order valence-corrected chi connectivity index (χ1v) is 8.30. The molecule has 0 saturated heterocycles. The Bertz CT molecular complexity index is 596. The third-order valence-electron chi connectivity index (χ3n) is 3.61. The summed E-state index contributed by atoms with van der Waals surface area (Å²) in [5, 5.41) is 42.6. The Balaban J connectivity index is 5.02. The smallest absolute Gasteiger partial charge is 0.326 e. The van der Waals surface area contributed by atoms with E-state index in [-0.39, 0.29) is 0 Å². The lowest BCUT2D eigenvalue weighted by Crippen LogP contribution is -2.59. The SMILES string of the molecule is CC(NC(=O)C(N)CO)C(=O)NC(C(=O)NC(CCC(=O)O)C(=O)O)C(C)O. The van der Waals surface area contributed by atoms with E-state index in [1.807, 2.05) is 5.32 Å². The van der Waals surface area contributed by atoms with Crippen LogP contribution in [0.5, 0.6) is 0 Å². The molecule has 0 fully saturated rings. The van der Waals surface area contributed by atoms with E-state index in [9.17, 15) is 29.1 Å². The highest BCUT2D eigenvalue weighted by Gasteiger charge is 2.31. The third-order valence-corrected chi connectivity index (χ3v) is 3.61. The molecule has 0 spiro atoms. The van der Waals surface area contributed by atoms with Crippen molar-refractivity contribution < 1.29 is 44.4 Å². The quantitative estimate of drug-likeness (QED) is 0.157. The molecule has 0 radical (unpaired) electrons. The van der Waals surface area contributed by atoms with E-state index in [1.165, 1.54) is 13.8 Å². The molecular formula is C15H26N4O9. The topological polar surface area (TPSA) is 228 Å². The second kappa shape index (κ2) is 11.8. The van der Waals surface area contributed by atoms with Gasteiger partial charge in [0.05, 0.1) is 12.7 Å². The summed E-state index contributed by atoms with van der Waals surface area (Å²) in [6.45, 7) is 1.79. The van der Waals surface area contributed by atoms with Gasteiger partial charge in [-0.1, -0.05) is 0 Å². The minimum Gasteiger partial charge on any atom is -0.481 e. The van der Waals surface area contributed by atoms with E-state index >= 15 is 0 Å². The van der Waals surface area contributed by atoms with Gasteiger partial charge in [0.25, 0.3) is 0 Å². The zero-order valence-electron chi connectivity index (χ0n) is 15.4. The van der Waals surface area contributed by atoms with Crippen LogP contribution in [0.4, 0.5) is 0 Å². The van der Waals surface area contributed by atoms with E-state index in [0.717, 1.165) is 0 Å². The molecular weight excluding hydrogens is 380 g/mol. The number of aliphatic carboxylic acids is 2. The number of hydrogen-bond acceptors (Lipinski definition) is 8. The molecule has 0 heterocycles. The van der Waals surface area contributed by atoms with E-state index in [0.29, 0.717) is 0 Å². The number of aliphatic hydroxyl groups is 2. The van der Waals surface area contributed by atoms with Gasteiger partial charge in [0.15, 0.2) is 0 Å². The maximum Gasteiger partial charge on any atom is 0.326 e. The number of nitrogens with two attached hydrogens (primary N) is 1. The average Bonchev–Trinajstić information content (AvgIpc) is 2.60. The Hall–Kier alpha value is -2.77. The Morgan fingerprint density at radius 1 is 0.929 bits per heavy atom. The molecule has 13 heteroatoms. The van der Waals surface area contributed by atoms with Gasteiger partial charge < -0.3 is 42.1 Å². The van der Waals surface area contributed by atoms with Gasteiger partial charge in [0.2, 0.25) is 17.7 Å². The van der Waals surface area contributed by atoms with Gasteiger partial charge in [0, 0.05) is 6.42 Å². The minimum atomic E-state index is -1.56. The summed E-state index contributed by atoms with van der Waals surface area (Å²) in [5.41, 5.74) is 5.30. The van der Waals surface area contributed by atoms with E-state index in [1.54, 1.807) is 0 Å². The molecule has 0 aromatic carbocycles. The Morgan fingerprint density at radius 2 is 1.50 bits per heavy atom. The van der Waals surface area contributed by atoms with Gasteiger partial charge in [0.1, 0.15) is 24.2 Å². The molecule has 0 saturated carbocycles. The van der Waals surface area contributed by atoms with Crippen LogP contribution in [0.15, 0.2) is 0 Å². The van der Waals surface area contributed by atoms with E-state index < -0.39 is 79.4 Å². The standard InChI is InChI=1S/C15H26N4O9/c1-6(17-13(25)8(16)5-20)12(24)19-11(7(2)21)14(26)18-9(15(27)28)3-4-10(22)23/h6-9,11,20-21H,3-5,16H2,1-2H3,(H,17,25)(H,18,26)(H,19,24)(H,22,23)(H,27,28). The number of aliphatic hydroxyl groups excluding tert-OH is 2. The number of carboxylic acids is 2. The van der Waals surface area contributed by atoms with Crippen molar-refractivity contribution in [2.45, 2.75) is 57.0 Å². The lowest BCUT2D eigenvalue weighted by atomic mass is 10.1.